The number of rotatable bonds is 67. The highest BCUT2D eigenvalue weighted by atomic mass is 31.2. The molecule has 0 aliphatic heterocycles. The number of ether oxygens (including phenoxy) is 4. The Morgan fingerprint density at radius 3 is 0.798 bits per heavy atom. The van der Waals surface area contributed by atoms with Crippen LogP contribution in [0.5, 0.6) is 0 Å². The van der Waals surface area contributed by atoms with Crippen molar-refractivity contribution in [3.63, 3.8) is 0 Å². The molecular weight excluding hydrogens is 1170 g/mol. The smallest absolute Gasteiger partial charge is 0.462 e. The predicted octanol–water partition coefficient (Wildman–Crippen LogP) is 19.7. The fourth-order valence-corrected chi connectivity index (χ4v) is 12.0. The van der Waals surface area contributed by atoms with E-state index in [9.17, 15) is 43.2 Å². The largest absolute Gasteiger partial charge is 0.472 e. The third-order valence-corrected chi connectivity index (χ3v) is 18.7. The molecule has 0 radical (unpaired) electrons. The van der Waals surface area contributed by atoms with Gasteiger partial charge in [0.15, 0.2) is 12.2 Å². The molecule has 0 aliphatic rings. The van der Waals surface area contributed by atoms with E-state index in [4.69, 9.17) is 37.0 Å². The maximum absolute atomic E-state index is 13.0. The lowest BCUT2D eigenvalue weighted by atomic mass is 9.99. The first kappa shape index (κ1) is 87.1. The van der Waals surface area contributed by atoms with Crippen LogP contribution in [0, 0.1) is 23.7 Å². The highest BCUT2D eigenvalue weighted by molar-refractivity contribution is 7.47. The first-order chi connectivity index (χ1) is 42.7. The zero-order chi connectivity index (χ0) is 66.1. The summed E-state index contributed by atoms with van der Waals surface area (Å²) in [5.41, 5.74) is 0. The number of carbonyl (C=O) groups excluding carboxylic acids is 4. The maximum Gasteiger partial charge on any atom is 0.472 e. The molecule has 17 nitrogen and oxygen atoms in total. The van der Waals surface area contributed by atoms with Gasteiger partial charge in [0.1, 0.15) is 19.3 Å². The highest BCUT2D eigenvalue weighted by Gasteiger charge is 2.30. The quantitative estimate of drug-likeness (QED) is 0.0222. The fraction of sp³-hybridized carbons (Fsp3) is 0.943. The van der Waals surface area contributed by atoms with Gasteiger partial charge in [0, 0.05) is 25.7 Å². The van der Waals surface area contributed by atoms with Crippen molar-refractivity contribution < 1.29 is 80.2 Å². The molecule has 4 unspecified atom stereocenters. The van der Waals surface area contributed by atoms with Crippen LogP contribution < -0.4 is 0 Å². The zero-order valence-electron chi connectivity index (χ0n) is 58.1. The lowest BCUT2D eigenvalue weighted by Crippen LogP contribution is -2.30. The van der Waals surface area contributed by atoms with E-state index in [-0.39, 0.29) is 25.7 Å². The molecular formula is C70H136O17P2. The molecule has 0 rings (SSSR count). The molecule has 0 saturated carbocycles. The van der Waals surface area contributed by atoms with Gasteiger partial charge in [0.2, 0.25) is 0 Å². The van der Waals surface area contributed by atoms with Crippen LogP contribution in [-0.2, 0) is 65.4 Å². The normalized spacial score (nSPS) is 14.9. The zero-order valence-corrected chi connectivity index (χ0v) is 59.8. The monoisotopic (exact) mass is 1310 g/mol. The number of hydrogen-bond donors (Lipinski definition) is 3. The van der Waals surface area contributed by atoms with Crippen molar-refractivity contribution in [2.75, 3.05) is 39.6 Å². The van der Waals surface area contributed by atoms with Gasteiger partial charge in [-0.05, 0) is 49.4 Å². The first-order valence-corrected chi connectivity index (χ1v) is 39.3. The summed E-state index contributed by atoms with van der Waals surface area (Å²) in [5, 5.41) is 10.6. The second kappa shape index (κ2) is 59.8. The molecule has 0 bridgehead atoms. The molecule has 0 aromatic rings. The molecule has 0 aliphatic carbocycles. The number of esters is 4. The molecule has 0 aromatic heterocycles. The van der Waals surface area contributed by atoms with Crippen molar-refractivity contribution in [2.24, 2.45) is 23.7 Å². The first-order valence-electron chi connectivity index (χ1n) is 36.3. The summed E-state index contributed by atoms with van der Waals surface area (Å²) < 4.78 is 68.2. The van der Waals surface area contributed by atoms with Crippen LogP contribution in [0.4, 0.5) is 0 Å². The van der Waals surface area contributed by atoms with Gasteiger partial charge in [-0.15, -0.1) is 0 Å². The minimum Gasteiger partial charge on any atom is -0.462 e. The van der Waals surface area contributed by atoms with E-state index in [0.717, 1.165) is 120 Å². The second-order valence-electron chi connectivity index (χ2n) is 26.7. The highest BCUT2D eigenvalue weighted by Crippen LogP contribution is 2.45. The minimum atomic E-state index is -4.95. The Hall–Kier alpha value is -1.94. The Bertz CT molecular complexity index is 1770. The molecule has 0 aromatic carbocycles. The molecule has 19 heteroatoms. The molecule has 0 spiro atoms. The molecule has 0 amide bonds. The van der Waals surface area contributed by atoms with Gasteiger partial charge in [-0.1, -0.05) is 293 Å². The predicted molar refractivity (Wildman–Crippen MR) is 358 cm³/mol. The average Bonchev–Trinajstić information content (AvgIpc) is 3.55. The third-order valence-electron chi connectivity index (χ3n) is 16.8. The van der Waals surface area contributed by atoms with Crippen molar-refractivity contribution in [2.45, 2.75) is 363 Å². The molecule has 89 heavy (non-hydrogen) atoms. The van der Waals surface area contributed by atoms with Crippen molar-refractivity contribution in [3.8, 4) is 0 Å². The van der Waals surface area contributed by atoms with Crippen LogP contribution in [0.25, 0.3) is 0 Å². The van der Waals surface area contributed by atoms with Gasteiger partial charge < -0.3 is 33.8 Å². The van der Waals surface area contributed by atoms with Gasteiger partial charge in [0.25, 0.3) is 0 Å². The summed E-state index contributed by atoms with van der Waals surface area (Å²) in [7, 11) is -9.90. The van der Waals surface area contributed by atoms with E-state index in [1.54, 1.807) is 0 Å². The fourth-order valence-electron chi connectivity index (χ4n) is 10.4. The number of carbonyl (C=O) groups is 4. The second-order valence-corrected chi connectivity index (χ2v) is 29.6. The van der Waals surface area contributed by atoms with Crippen molar-refractivity contribution >= 4 is 39.5 Å². The number of aliphatic hydroxyl groups is 1. The van der Waals surface area contributed by atoms with Crippen LogP contribution >= 0.6 is 15.6 Å². The lowest BCUT2D eigenvalue weighted by molar-refractivity contribution is -0.161. The summed E-state index contributed by atoms with van der Waals surface area (Å²) in [6.07, 6.45) is 41.8. The van der Waals surface area contributed by atoms with E-state index in [0.29, 0.717) is 31.6 Å². The van der Waals surface area contributed by atoms with Crippen LogP contribution in [0.3, 0.4) is 0 Å². The summed E-state index contributed by atoms with van der Waals surface area (Å²) in [6, 6.07) is 0. The third kappa shape index (κ3) is 62.0. The summed E-state index contributed by atoms with van der Waals surface area (Å²) >= 11 is 0. The average molecular weight is 1310 g/mol. The summed E-state index contributed by atoms with van der Waals surface area (Å²) in [6.45, 7) is 14.1. The van der Waals surface area contributed by atoms with Crippen molar-refractivity contribution in [1.29, 1.82) is 0 Å². The van der Waals surface area contributed by atoms with Gasteiger partial charge in [-0.3, -0.25) is 37.3 Å². The van der Waals surface area contributed by atoms with Crippen LogP contribution in [-0.4, -0.2) is 96.7 Å². The number of phosphoric acid groups is 2. The Balaban J connectivity index is 5.22. The van der Waals surface area contributed by atoms with E-state index in [1.165, 1.54) is 135 Å². The van der Waals surface area contributed by atoms with E-state index in [1.807, 2.05) is 0 Å². The van der Waals surface area contributed by atoms with Gasteiger partial charge in [0.05, 0.1) is 26.4 Å². The Kier molecular flexibility index (Phi) is 58.5. The van der Waals surface area contributed by atoms with E-state index < -0.39 is 97.5 Å². The lowest BCUT2D eigenvalue weighted by Gasteiger charge is -2.21. The number of unbranched alkanes of at least 4 members (excludes halogenated alkanes) is 31. The summed E-state index contributed by atoms with van der Waals surface area (Å²) in [4.78, 5) is 72.5. The topological polar surface area (TPSA) is 237 Å². The Morgan fingerprint density at radius 2 is 0.539 bits per heavy atom. The Labute approximate surface area is 543 Å². The van der Waals surface area contributed by atoms with Crippen molar-refractivity contribution in [3.05, 3.63) is 0 Å². The van der Waals surface area contributed by atoms with Crippen LogP contribution in [0.15, 0.2) is 0 Å². The molecule has 3 N–H and O–H groups in total. The SMILES string of the molecule is CCC(C)CCCCCCCCCCCCCCCCC(=O)O[C@H](COC(=O)CCCCCCCCC(C)CC)COP(=O)(O)OC[C@H](O)COP(=O)(O)OC[C@@H](COC(=O)CCCCCCCCC(C)C)OC(=O)CCCCCCCCCCCC(C)C. The van der Waals surface area contributed by atoms with Crippen LogP contribution in [0.1, 0.15) is 344 Å². The van der Waals surface area contributed by atoms with Gasteiger partial charge in [-0.2, -0.15) is 0 Å². The number of hydrogen-bond acceptors (Lipinski definition) is 15. The minimum absolute atomic E-state index is 0.104. The van der Waals surface area contributed by atoms with Gasteiger partial charge >= 0.3 is 39.5 Å². The Morgan fingerprint density at radius 1 is 0.315 bits per heavy atom. The number of aliphatic hydroxyl groups excluding tert-OH is 1. The maximum atomic E-state index is 13.0. The van der Waals surface area contributed by atoms with E-state index >= 15 is 0 Å². The molecule has 7 atom stereocenters. The van der Waals surface area contributed by atoms with Crippen molar-refractivity contribution in [1.82, 2.24) is 0 Å². The molecule has 0 fully saturated rings. The molecule has 0 heterocycles. The van der Waals surface area contributed by atoms with Crippen LogP contribution in [0.2, 0.25) is 0 Å². The standard InChI is InChI=1S/C70H136O17P2/c1-9-62(7)48-40-32-23-19-15-13-11-12-14-16-20-24-36-44-52-69(74)86-66(57-81-68(73)51-43-35-29-27-33-41-49-63(8)10-2)59-85-89(78,79)83-55-64(71)54-82-88(76,77)84-58-65(56-80-67(72)50-42-34-28-26-31-39-47-61(5)6)87-70(75)53-45-37-25-21-17-18-22-30-38-46-60(3)4/h60-66,71H,9-59H2,1-8H3,(H,76,77)(H,78,79)/t62?,63?,64-,65-,66-/m1/s1. The molecule has 0 saturated heterocycles. The summed E-state index contributed by atoms with van der Waals surface area (Å²) in [5.74, 6) is 0.860. The van der Waals surface area contributed by atoms with E-state index in [2.05, 4.69) is 55.4 Å². The van der Waals surface area contributed by atoms with Gasteiger partial charge in [-0.25, -0.2) is 9.13 Å². The molecule has 528 valence electrons. The number of phosphoric ester groups is 2.